The Balaban J connectivity index is 1.75. The topological polar surface area (TPSA) is 86.7 Å². The molecule has 3 aromatic rings. The number of nitrogens with zero attached hydrogens (tertiary/aromatic N) is 4. The van der Waals surface area contributed by atoms with Crippen LogP contribution >= 0.6 is 27.7 Å². The number of amides is 1. The van der Waals surface area contributed by atoms with Crippen molar-refractivity contribution in [3.05, 3.63) is 68.7 Å². The number of alkyl halides is 5. The molecule has 6 nitrogen and oxygen atoms in total. The standard InChI is InChI=1S/C23H17BrF7N5OS/c1-38-21-33-7-14(24)16(34-21)12(4-8-2-9(25)5-10(26)3-8)17(20(32)37)36-19-15(18(35-36)23(29,30)31)11-6-13(11)22(19,27)28/h2-3,5,7,11-13,17H,4,6H2,1H3,(H2,32,37)/t11-,12+,13+,17?/m0/s1. The molecule has 1 aromatic carbocycles. The van der Waals surface area contributed by atoms with Crippen LogP contribution in [0.2, 0.25) is 0 Å². The van der Waals surface area contributed by atoms with E-state index in [4.69, 9.17) is 5.73 Å². The Morgan fingerprint density at radius 1 is 1.26 bits per heavy atom. The lowest BCUT2D eigenvalue weighted by atomic mass is 9.88. The van der Waals surface area contributed by atoms with Gasteiger partial charge in [-0.2, -0.15) is 27.1 Å². The molecule has 2 heterocycles. The Hall–Kier alpha value is -2.68. The van der Waals surface area contributed by atoms with E-state index in [1.807, 2.05) is 0 Å². The van der Waals surface area contributed by atoms with E-state index < -0.39 is 76.8 Å². The summed E-state index contributed by atoms with van der Waals surface area (Å²) < 4.78 is 101. The van der Waals surface area contributed by atoms with Crippen molar-refractivity contribution in [2.24, 2.45) is 11.7 Å². The van der Waals surface area contributed by atoms with Gasteiger partial charge in [0.2, 0.25) is 5.91 Å². The maximum Gasteiger partial charge on any atom is 0.435 e. The Bertz CT molecular complexity index is 1430. The number of benzene rings is 1. The number of hydrogen-bond donors (Lipinski definition) is 1. The summed E-state index contributed by atoms with van der Waals surface area (Å²) in [6.07, 6.45) is -2.67. The highest BCUT2D eigenvalue weighted by molar-refractivity contribution is 9.10. The number of hydrogen-bond acceptors (Lipinski definition) is 5. The van der Waals surface area contributed by atoms with E-state index in [-0.39, 0.29) is 27.3 Å². The normalized spacial score (nSPS) is 21.1. The number of halogens is 8. The Morgan fingerprint density at radius 3 is 2.50 bits per heavy atom. The van der Waals surface area contributed by atoms with Gasteiger partial charge in [0.25, 0.3) is 5.92 Å². The number of carbonyl (C=O) groups is 1. The number of primary amides is 1. The predicted molar refractivity (Wildman–Crippen MR) is 125 cm³/mol. The van der Waals surface area contributed by atoms with Crippen molar-refractivity contribution in [3.63, 3.8) is 0 Å². The van der Waals surface area contributed by atoms with Crippen LogP contribution in [0.4, 0.5) is 30.7 Å². The highest BCUT2D eigenvalue weighted by Gasteiger charge is 2.69. The van der Waals surface area contributed by atoms with Gasteiger partial charge in [0.1, 0.15) is 23.4 Å². The van der Waals surface area contributed by atoms with Crippen molar-refractivity contribution >= 4 is 33.6 Å². The molecular formula is C23H17BrF7N5OS. The van der Waals surface area contributed by atoms with Gasteiger partial charge < -0.3 is 5.73 Å². The summed E-state index contributed by atoms with van der Waals surface area (Å²) >= 11 is 4.34. The molecule has 5 rings (SSSR count). The Labute approximate surface area is 223 Å². The lowest BCUT2D eigenvalue weighted by Gasteiger charge is -2.28. The number of aromatic nitrogens is 4. The van der Waals surface area contributed by atoms with Gasteiger partial charge in [-0.15, -0.1) is 0 Å². The molecule has 38 heavy (non-hydrogen) atoms. The fourth-order valence-corrected chi connectivity index (χ4v) is 6.02. The van der Waals surface area contributed by atoms with Crippen LogP contribution in [0.1, 0.15) is 52.5 Å². The largest absolute Gasteiger partial charge is 0.435 e. The second kappa shape index (κ2) is 9.21. The summed E-state index contributed by atoms with van der Waals surface area (Å²) in [6.45, 7) is 0. The third-order valence-corrected chi connectivity index (χ3v) is 7.93. The van der Waals surface area contributed by atoms with Crippen molar-refractivity contribution in [3.8, 4) is 0 Å². The molecule has 0 bridgehead atoms. The van der Waals surface area contributed by atoms with Crippen molar-refractivity contribution in [2.45, 2.75) is 48.0 Å². The quantitative estimate of drug-likeness (QED) is 0.207. The molecule has 202 valence electrons. The lowest BCUT2D eigenvalue weighted by molar-refractivity contribution is -0.142. The summed E-state index contributed by atoms with van der Waals surface area (Å²) in [7, 11) is 0. The molecule has 0 radical (unpaired) electrons. The monoisotopic (exact) mass is 623 g/mol. The van der Waals surface area contributed by atoms with Gasteiger partial charge in [-0.05, 0) is 58.6 Å². The minimum atomic E-state index is -5.08. The highest BCUT2D eigenvalue weighted by Crippen LogP contribution is 2.69. The van der Waals surface area contributed by atoms with Crippen LogP contribution in [0, 0.1) is 17.6 Å². The molecule has 0 spiro atoms. The first-order valence-corrected chi connectivity index (χ1v) is 13.1. The van der Waals surface area contributed by atoms with Gasteiger partial charge in [0, 0.05) is 29.7 Å². The smallest absolute Gasteiger partial charge is 0.368 e. The van der Waals surface area contributed by atoms with Crippen LogP contribution in [0.3, 0.4) is 0 Å². The van der Waals surface area contributed by atoms with Gasteiger partial charge in [0.05, 0.1) is 10.2 Å². The minimum absolute atomic E-state index is 0.00980. The molecule has 2 aromatic heterocycles. The third-order valence-electron chi connectivity index (χ3n) is 6.76. The molecule has 15 heteroatoms. The average molecular weight is 624 g/mol. The first kappa shape index (κ1) is 26.9. The van der Waals surface area contributed by atoms with Gasteiger partial charge in [-0.3, -0.25) is 4.79 Å². The molecule has 0 saturated heterocycles. The molecule has 0 aliphatic heterocycles. The highest BCUT2D eigenvalue weighted by atomic mass is 79.9. The number of nitrogens with two attached hydrogens (primary N) is 1. The zero-order valence-electron chi connectivity index (χ0n) is 19.2. The van der Waals surface area contributed by atoms with Crippen LogP contribution in [0.25, 0.3) is 0 Å². The van der Waals surface area contributed by atoms with Crippen LogP contribution in [0.15, 0.2) is 34.0 Å². The Morgan fingerprint density at radius 2 is 1.92 bits per heavy atom. The van der Waals surface area contributed by atoms with Crippen molar-refractivity contribution in [2.75, 3.05) is 6.26 Å². The summed E-state index contributed by atoms with van der Waals surface area (Å²) in [6, 6.07) is 0.601. The third kappa shape index (κ3) is 4.46. The summed E-state index contributed by atoms with van der Waals surface area (Å²) in [4.78, 5) is 21.3. The van der Waals surface area contributed by atoms with Crippen LogP contribution < -0.4 is 5.73 Å². The Kier molecular flexibility index (Phi) is 6.52. The van der Waals surface area contributed by atoms with Crippen molar-refractivity contribution in [1.82, 2.24) is 19.7 Å². The molecule has 4 atom stereocenters. The van der Waals surface area contributed by atoms with E-state index in [1.54, 1.807) is 6.26 Å². The number of thioether (sulfide) groups is 1. The van der Waals surface area contributed by atoms with Crippen molar-refractivity contribution < 1.29 is 35.5 Å². The average Bonchev–Trinajstić information content (AvgIpc) is 3.45. The fourth-order valence-electron chi connectivity index (χ4n) is 5.18. The van der Waals surface area contributed by atoms with Gasteiger partial charge in [0.15, 0.2) is 10.9 Å². The van der Waals surface area contributed by atoms with Gasteiger partial charge >= 0.3 is 6.18 Å². The SMILES string of the molecule is CSc1ncc(Br)c([C@@H](Cc2cc(F)cc(F)c2)C(C(N)=O)n2nc(C(F)(F)F)c3c2C(F)(F)[C@@H]2C[C@H]32)n1. The van der Waals surface area contributed by atoms with E-state index >= 15 is 8.78 Å². The van der Waals surface area contributed by atoms with Crippen LogP contribution in [0.5, 0.6) is 0 Å². The van der Waals surface area contributed by atoms with E-state index in [9.17, 15) is 26.7 Å². The molecule has 2 N–H and O–H groups in total. The number of rotatable bonds is 7. The molecule has 1 fully saturated rings. The van der Waals surface area contributed by atoms with E-state index in [1.165, 1.54) is 6.20 Å². The maximum absolute atomic E-state index is 15.3. The summed E-state index contributed by atoms with van der Waals surface area (Å²) in [5.41, 5.74) is 2.47. The molecule has 1 amide bonds. The molecule has 1 unspecified atom stereocenters. The molecular weight excluding hydrogens is 607 g/mol. The van der Waals surface area contributed by atoms with Crippen LogP contribution in [-0.2, 0) is 23.3 Å². The lowest BCUT2D eigenvalue weighted by Crippen LogP contribution is -2.37. The first-order chi connectivity index (χ1) is 17.7. The van der Waals surface area contributed by atoms with E-state index in [0.29, 0.717) is 10.7 Å². The zero-order chi connectivity index (χ0) is 27.7. The first-order valence-electron chi connectivity index (χ1n) is 11.1. The number of carbonyl (C=O) groups excluding carboxylic acids is 1. The second-order valence-corrected chi connectivity index (χ2v) is 10.8. The second-order valence-electron chi connectivity index (χ2n) is 9.15. The molecule has 2 aliphatic rings. The van der Waals surface area contributed by atoms with E-state index in [2.05, 4.69) is 31.0 Å². The van der Waals surface area contributed by atoms with Gasteiger partial charge in [-0.25, -0.2) is 23.4 Å². The summed E-state index contributed by atoms with van der Waals surface area (Å²) in [5, 5.41) is 3.68. The maximum atomic E-state index is 15.3. The molecule has 1 saturated carbocycles. The number of fused-ring (bicyclic) bond motifs is 3. The fraction of sp³-hybridized carbons (Fsp3) is 0.391. The summed E-state index contributed by atoms with van der Waals surface area (Å²) in [5.74, 6) is -10.6. The molecule has 2 aliphatic carbocycles. The van der Waals surface area contributed by atoms with Crippen LogP contribution in [-0.4, -0.2) is 31.9 Å². The van der Waals surface area contributed by atoms with Gasteiger partial charge in [-0.1, -0.05) is 11.8 Å². The van der Waals surface area contributed by atoms with Crippen molar-refractivity contribution in [1.29, 1.82) is 0 Å². The minimum Gasteiger partial charge on any atom is -0.368 e. The zero-order valence-corrected chi connectivity index (χ0v) is 21.6. The predicted octanol–water partition coefficient (Wildman–Crippen LogP) is 5.72. The van der Waals surface area contributed by atoms with E-state index in [0.717, 1.165) is 23.9 Å².